The summed E-state index contributed by atoms with van der Waals surface area (Å²) in [6, 6.07) is 17.0. The second-order valence-electron chi connectivity index (χ2n) is 7.45. The maximum atomic E-state index is 12.4. The summed E-state index contributed by atoms with van der Waals surface area (Å²) in [5, 5.41) is 3.35. The number of guanidine groups is 1. The molecule has 1 fully saturated rings. The monoisotopic (exact) mass is 423 g/mol. The van der Waals surface area contributed by atoms with E-state index >= 15 is 0 Å². The summed E-state index contributed by atoms with van der Waals surface area (Å²) in [6.07, 6.45) is 1.49. The van der Waals surface area contributed by atoms with Crippen molar-refractivity contribution in [1.82, 2.24) is 10.2 Å². The zero-order valence-electron chi connectivity index (χ0n) is 18.0. The molecule has 0 aromatic heterocycles. The van der Waals surface area contributed by atoms with Gasteiger partial charge in [0.15, 0.2) is 5.96 Å². The van der Waals surface area contributed by atoms with E-state index in [1.54, 1.807) is 13.1 Å². The molecule has 1 N–H and O–H groups in total. The molecule has 2 aromatic carbocycles. The summed E-state index contributed by atoms with van der Waals surface area (Å²) in [5.41, 5.74) is 2.43. The van der Waals surface area contributed by atoms with E-state index in [4.69, 9.17) is 9.47 Å². The Kier molecular flexibility index (Phi) is 8.04. The van der Waals surface area contributed by atoms with E-state index in [0.29, 0.717) is 12.1 Å². The average molecular weight is 424 g/mol. The highest BCUT2D eigenvalue weighted by molar-refractivity contribution is 5.89. The smallest absolute Gasteiger partial charge is 0.338 e. The van der Waals surface area contributed by atoms with Crippen LogP contribution < -0.4 is 5.32 Å². The molecule has 1 aliphatic rings. The lowest BCUT2D eigenvalue weighted by Gasteiger charge is -2.33. The van der Waals surface area contributed by atoms with E-state index in [9.17, 15) is 9.59 Å². The van der Waals surface area contributed by atoms with Crippen molar-refractivity contribution >= 4 is 17.9 Å². The van der Waals surface area contributed by atoms with Crippen molar-refractivity contribution in [2.24, 2.45) is 10.9 Å². The maximum Gasteiger partial charge on any atom is 0.338 e. The number of carbonyl (C=O) groups is 2. The SMILES string of the molecule is CN=C(NCc1cccc(C(=O)OCc2ccccc2)c1)N1CCC(C(=O)OC)CC1. The molecule has 0 aliphatic carbocycles. The first-order valence-corrected chi connectivity index (χ1v) is 10.4. The lowest BCUT2D eigenvalue weighted by atomic mass is 9.97. The van der Waals surface area contributed by atoms with Crippen LogP contribution in [0.1, 0.15) is 34.3 Å². The van der Waals surface area contributed by atoms with Crippen LogP contribution >= 0.6 is 0 Å². The van der Waals surface area contributed by atoms with Crippen LogP contribution in [0.4, 0.5) is 0 Å². The van der Waals surface area contributed by atoms with Crippen molar-refractivity contribution in [3.63, 3.8) is 0 Å². The van der Waals surface area contributed by atoms with Gasteiger partial charge in [0.2, 0.25) is 0 Å². The molecule has 2 aromatic rings. The van der Waals surface area contributed by atoms with Crippen LogP contribution in [0.5, 0.6) is 0 Å². The Labute approximate surface area is 183 Å². The Morgan fingerprint density at radius 2 is 1.77 bits per heavy atom. The molecule has 0 bridgehead atoms. The standard InChI is InChI=1S/C24H29N3O4/c1-25-24(27-13-11-20(12-14-27)22(28)30-2)26-16-19-9-6-10-21(15-19)23(29)31-17-18-7-4-3-5-8-18/h3-10,15,20H,11-14,16-17H2,1-2H3,(H,25,26). The highest BCUT2D eigenvalue weighted by atomic mass is 16.5. The summed E-state index contributed by atoms with van der Waals surface area (Å²) in [6.45, 7) is 2.26. The van der Waals surface area contributed by atoms with Crippen LogP contribution in [0.3, 0.4) is 0 Å². The molecule has 0 unspecified atom stereocenters. The molecule has 164 valence electrons. The highest BCUT2D eigenvalue weighted by Gasteiger charge is 2.26. The molecule has 1 heterocycles. The number of hydrogen-bond acceptors (Lipinski definition) is 5. The lowest BCUT2D eigenvalue weighted by molar-refractivity contribution is -0.146. The van der Waals surface area contributed by atoms with Gasteiger partial charge in [0.05, 0.1) is 18.6 Å². The number of rotatable bonds is 6. The van der Waals surface area contributed by atoms with E-state index < -0.39 is 0 Å². The number of hydrogen-bond donors (Lipinski definition) is 1. The van der Waals surface area contributed by atoms with Crippen molar-refractivity contribution in [2.45, 2.75) is 26.0 Å². The van der Waals surface area contributed by atoms with Crippen LogP contribution in [0.15, 0.2) is 59.6 Å². The largest absolute Gasteiger partial charge is 0.469 e. The van der Waals surface area contributed by atoms with E-state index in [-0.39, 0.29) is 24.5 Å². The Morgan fingerprint density at radius 3 is 2.45 bits per heavy atom. The van der Waals surface area contributed by atoms with Gasteiger partial charge in [-0.3, -0.25) is 9.79 Å². The number of benzene rings is 2. The Morgan fingerprint density at radius 1 is 1.06 bits per heavy atom. The molecular formula is C24H29N3O4. The molecule has 0 radical (unpaired) electrons. The number of nitrogens with zero attached hydrogens (tertiary/aromatic N) is 2. The van der Waals surface area contributed by atoms with Gasteiger partial charge in [0.25, 0.3) is 0 Å². The molecule has 1 aliphatic heterocycles. The summed E-state index contributed by atoms with van der Waals surface area (Å²) in [5.74, 6) is 0.247. The molecule has 1 saturated heterocycles. The fourth-order valence-electron chi connectivity index (χ4n) is 3.62. The van der Waals surface area contributed by atoms with Gasteiger partial charge < -0.3 is 19.7 Å². The van der Waals surface area contributed by atoms with Crippen LogP contribution in [0.25, 0.3) is 0 Å². The quantitative estimate of drug-likeness (QED) is 0.437. The third kappa shape index (κ3) is 6.31. The molecule has 31 heavy (non-hydrogen) atoms. The Bertz CT molecular complexity index is 906. The predicted octanol–water partition coefficient (Wildman–Crippen LogP) is 3.00. The molecule has 3 rings (SSSR count). The topological polar surface area (TPSA) is 80.2 Å². The summed E-state index contributed by atoms with van der Waals surface area (Å²) in [4.78, 5) is 30.6. The second-order valence-corrected chi connectivity index (χ2v) is 7.45. The number of likely N-dealkylation sites (tertiary alicyclic amines) is 1. The third-order valence-corrected chi connectivity index (χ3v) is 5.37. The minimum atomic E-state index is -0.347. The first kappa shape index (κ1) is 22.3. The number of methoxy groups -OCH3 is 1. The first-order chi connectivity index (χ1) is 15.1. The van der Waals surface area contributed by atoms with Gasteiger partial charge in [-0.25, -0.2) is 4.79 Å². The number of aliphatic imine (C=N–C) groups is 1. The molecule has 0 spiro atoms. The van der Waals surface area contributed by atoms with Crippen molar-refractivity contribution in [3.05, 3.63) is 71.3 Å². The van der Waals surface area contributed by atoms with Gasteiger partial charge >= 0.3 is 11.9 Å². The maximum absolute atomic E-state index is 12.4. The number of ether oxygens (including phenoxy) is 2. The zero-order valence-corrected chi connectivity index (χ0v) is 18.0. The van der Waals surface area contributed by atoms with Gasteiger partial charge in [0, 0.05) is 26.7 Å². The zero-order chi connectivity index (χ0) is 22.1. The Balaban J connectivity index is 1.52. The van der Waals surface area contributed by atoms with Gasteiger partial charge in [-0.15, -0.1) is 0 Å². The number of carbonyl (C=O) groups excluding carboxylic acids is 2. The number of esters is 2. The summed E-state index contributed by atoms with van der Waals surface area (Å²) < 4.78 is 10.3. The van der Waals surface area contributed by atoms with Crippen LogP contribution in [-0.2, 0) is 27.4 Å². The third-order valence-electron chi connectivity index (χ3n) is 5.37. The molecule has 7 nitrogen and oxygen atoms in total. The highest BCUT2D eigenvalue weighted by Crippen LogP contribution is 2.18. The fraction of sp³-hybridized carbons (Fsp3) is 0.375. The summed E-state index contributed by atoms with van der Waals surface area (Å²) >= 11 is 0. The van der Waals surface area contributed by atoms with Gasteiger partial charge in [-0.05, 0) is 36.1 Å². The predicted molar refractivity (Wildman–Crippen MR) is 119 cm³/mol. The van der Waals surface area contributed by atoms with Crippen LogP contribution in [0.2, 0.25) is 0 Å². The van der Waals surface area contributed by atoms with E-state index in [1.165, 1.54) is 7.11 Å². The Hall–Kier alpha value is -3.35. The minimum absolute atomic E-state index is 0.0436. The van der Waals surface area contributed by atoms with E-state index in [1.807, 2.05) is 48.5 Å². The molecule has 0 amide bonds. The molecule has 7 heteroatoms. The van der Waals surface area contributed by atoms with Crippen molar-refractivity contribution in [1.29, 1.82) is 0 Å². The van der Waals surface area contributed by atoms with Crippen LogP contribution in [0, 0.1) is 5.92 Å². The lowest BCUT2D eigenvalue weighted by Crippen LogP contribution is -2.46. The van der Waals surface area contributed by atoms with Crippen LogP contribution in [-0.4, -0.2) is 50.0 Å². The first-order valence-electron chi connectivity index (χ1n) is 10.4. The second kappa shape index (κ2) is 11.2. The fourth-order valence-corrected chi connectivity index (χ4v) is 3.62. The van der Waals surface area contributed by atoms with Crippen molar-refractivity contribution < 1.29 is 19.1 Å². The minimum Gasteiger partial charge on any atom is -0.469 e. The molecule has 0 saturated carbocycles. The summed E-state index contributed by atoms with van der Waals surface area (Å²) in [7, 11) is 3.17. The molecule has 0 atom stereocenters. The van der Waals surface area contributed by atoms with Crippen molar-refractivity contribution in [2.75, 3.05) is 27.2 Å². The molecular weight excluding hydrogens is 394 g/mol. The number of nitrogens with one attached hydrogen (secondary N) is 1. The van der Waals surface area contributed by atoms with Gasteiger partial charge in [-0.1, -0.05) is 42.5 Å². The van der Waals surface area contributed by atoms with Crippen molar-refractivity contribution in [3.8, 4) is 0 Å². The van der Waals surface area contributed by atoms with E-state index in [2.05, 4.69) is 15.2 Å². The normalized spacial score (nSPS) is 14.8. The number of piperidine rings is 1. The van der Waals surface area contributed by atoms with Gasteiger partial charge in [0.1, 0.15) is 6.61 Å². The van der Waals surface area contributed by atoms with Gasteiger partial charge in [-0.2, -0.15) is 0 Å². The van der Waals surface area contributed by atoms with E-state index in [0.717, 1.165) is 43.0 Å². The average Bonchev–Trinajstić information content (AvgIpc) is 2.83.